The Balaban J connectivity index is 0.000000232. The van der Waals surface area contributed by atoms with E-state index in [-0.39, 0.29) is 0 Å². The first-order valence-corrected chi connectivity index (χ1v) is 6.40. The Morgan fingerprint density at radius 1 is 0.722 bits per heavy atom. The molecule has 0 saturated carbocycles. The first-order chi connectivity index (χ1) is 8.77. The number of ketones is 1. The molecule has 94 valence electrons. The summed E-state index contributed by atoms with van der Waals surface area (Å²) < 4.78 is 0. The largest absolute Gasteiger partial charge is 0.300 e. The van der Waals surface area contributed by atoms with Crippen molar-refractivity contribution in [3.05, 3.63) is 60.7 Å². The maximum atomic E-state index is 10.2. The highest BCUT2D eigenvalue weighted by Gasteiger charge is 1.91. The smallest absolute Gasteiger partial charge is 0.132 e. The summed E-state index contributed by atoms with van der Waals surface area (Å²) in [5, 5.41) is 0. The van der Waals surface area contributed by atoms with E-state index in [4.69, 9.17) is 0 Å². The molecule has 0 aliphatic heterocycles. The van der Waals surface area contributed by atoms with Crippen molar-refractivity contribution < 1.29 is 4.79 Å². The highest BCUT2D eigenvalue weighted by atomic mass is 16.1. The minimum atomic E-state index is 0.343. The van der Waals surface area contributed by atoms with E-state index in [9.17, 15) is 4.79 Å². The molecule has 1 nitrogen and oxygen atoms in total. The Bertz CT molecular complexity index is 402. The van der Waals surface area contributed by atoms with E-state index in [2.05, 4.69) is 48.5 Å². The molecule has 18 heavy (non-hydrogen) atoms. The van der Waals surface area contributed by atoms with E-state index in [1.165, 1.54) is 11.1 Å². The molecular weight excluding hydrogens is 220 g/mol. The molecule has 0 unspecified atom stereocenters. The van der Waals surface area contributed by atoms with Crippen LogP contribution in [0.1, 0.15) is 26.7 Å². The van der Waals surface area contributed by atoms with Gasteiger partial charge in [0.15, 0.2) is 0 Å². The molecule has 0 fully saturated rings. The summed E-state index contributed by atoms with van der Waals surface area (Å²) in [6.07, 6.45) is 1.38. The van der Waals surface area contributed by atoms with Crippen molar-refractivity contribution in [2.24, 2.45) is 0 Å². The molecule has 0 aliphatic rings. The third-order valence-corrected chi connectivity index (χ3v) is 2.67. The second-order valence-electron chi connectivity index (χ2n) is 3.98. The van der Waals surface area contributed by atoms with Crippen molar-refractivity contribution in [1.82, 2.24) is 0 Å². The first kappa shape index (κ1) is 14.2. The lowest BCUT2D eigenvalue weighted by atomic mass is 10.1. The van der Waals surface area contributed by atoms with Crippen LogP contribution in [-0.2, 0) is 4.79 Å². The van der Waals surface area contributed by atoms with Crippen molar-refractivity contribution in [3.8, 4) is 11.1 Å². The van der Waals surface area contributed by atoms with Crippen LogP contribution in [0.5, 0.6) is 0 Å². The van der Waals surface area contributed by atoms with E-state index in [0.717, 1.165) is 0 Å². The van der Waals surface area contributed by atoms with E-state index in [1.807, 2.05) is 26.0 Å². The molecule has 0 aromatic heterocycles. The molecule has 0 bridgehead atoms. The summed E-state index contributed by atoms with van der Waals surface area (Å²) in [6, 6.07) is 20.8. The topological polar surface area (TPSA) is 17.1 Å². The SMILES string of the molecule is CCC(=O)CC.c1ccc(-c2ccccc2)cc1. The van der Waals surface area contributed by atoms with Crippen LogP contribution in [0.4, 0.5) is 0 Å². The number of Topliss-reactive ketones (excluding diaryl/α,β-unsaturated/α-hetero) is 1. The van der Waals surface area contributed by atoms with Crippen LogP contribution in [-0.4, -0.2) is 5.78 Å². The van der Waals surface area contributed by atoms with Crippen molar-refractivity contribution >= 4 is 5.78 Å². The van der Waals surface area contributed by atoms with Crippen LogP contribution < -0.4 is 0 Å². The summed E-state index contributed by atoms with van der Waals surface area (Å²) >= 11 is 0. The average Bonchev–Trinajstić information content (AvgIpc) is 2.49. The normalized spacial score (nSPS) is 9.22. The molecule has 2 rings (SSSR count). The minimum Gasteiger partial charge on any atom is -0.300 e. The predicted octanol–water partition coefficient (Wildman–Crippen LogP) is 4.73. The fourth-order valence-corrected chi connectivity index (χ4v) is 1.51. The Hall–Kier alpha value is -1.89. The summed E-state index contributed by atoms with van der Waals surface area (Å²) in [5.74, 6) is 0.343. The average molecular weight is 240 g/mol. The van der Waals surface area contributed by atoms with Gasteiger partial charge in [0.1, 0.15) is 5.78 Å². The van der Waals surface area contributed by atoms with Gasteiger partial charge in [0.05, 0.1) is 0 Å². The van der Waals surface area contributed by atoms with E-state index in [0.29, 0.717) is 18.6 Å². The highest BCUT2D eigenvalue weighted by Crippen LogP contribution is 2.17. The summed E-state index contributed by atoms with van der Waals surface area (Å²) in [4.78, 5) is 10.2. The number of carbonyl (C=O) groups is 1. The zero-order valence-corrected chi connectivity index (χ0v) is 11.1. The predicted molar refractivity (Wildman–Crippen MR) is 77.5 cm³/mol. The minimum absolute atomic E-state index is 0.343. The Labute approximate surface area is 109 Å². The summed E-state index contributed by atoms with van der Waals surface area (Å²) in [5.41, 5.74) is 2.55. The van der Waals surface area contributed by atoms with Gasteiger partial charge in [-0.05, 0) is 11.1 Å². The molecule has 2 aromatic rings. The van der Waals surface area contributed by atoms with Gasteiger partial charge in [-0.3, -0.25) is 4.79 Å². The number of hydrogen-bond acceptors (Lipinski definition) is 1. The van der Waals surface area contributed by atoms with Crippen molar-refractivity contribution in [2.75, 3.05) is 0 Å². The Kier molecular flexibility index (Phi) is 6.49. The standard InChI is InChI=1S/C12H10.C5H10O/c1-3-7-11(8-4-1)12-9-5-2-6-10-12;1-3-5(6)4-2/h1-10H;3-4H2,1-2H3. The lowest BCUT2D eigenvalue weighted by Crippen LogP contribution is -1.88. The molecule has 0 spiro atoms. The fourth-order valence-electron chi connectivity index (χ4n) is 1.51. The summed E-state index contributed by atoms with van der Waals surface area (Å²) in [7, 11) is 0. The van der Waals surface area contributed by atoms with Crippen LogP contribution in [0.3, 0.4) is 0 Å². The molecule has 0 N–H and O–H groups in total. The molecule has 0 radical (unpaired) electrons. The number of hydrogen-bond donors (Lipinski definition) is 0. The first-order valence-electron chi connectivity index (χ1n) is 6.40. The van der Waals surface area contributed by atoms with Crippen LogP contribution in [0.25, 0.3) is 11.1 Å². The van der Waals surface area contributed by atoms with E-state index < -0.39 is 0 Å². The quantitative estimate of drug-likeness (QED) is 0.758. The van der Waals surface area contributed by atoms with Crippen LogP contribution in [0.15, 0.2) is 60.7 Å². The molecule has 0 atom stereocenters. The molecule has 0 amide bonds. The van der Waals surface area contributed by atoms with Gasteiger partial charge in [-0.1, -0.05) is 74.5 Å². The summed E-state index contributed by atoms with van der Waals surface area (Å²) in [6.45, 7) is 3.76. The van der Waals surface area contributed by atoms with Crippen molar-refractivity contribution in [2.45, 2.75) is 26.7 Å². The molecule has 0 heterocycles. The fraction of sp³-hybridized carbons (Fsp3) is 0.235. The Morgan fingerprint density at radius 2 is 1.06 bits per heavy atom. The molecule has 0 saturated heterocycles. The highest BCUT2D eigenvalue weighted by molar-refractivity contribution is 5.77. The number of benzene rings is 2. The van der Waals surface area contributed by atoms with Gasteiger partial charge in [0.2, 0.25) is 0 Å². The van der Waals surface area contributed by atoms with Gasteiger partial charge < -0.3 is 0 Å². The zero-order chi connectivity index (χ0) is 13.2. The molecule has 2 aromatic carbocycles. The third-order valence-electron chi connectivity index (χ3n) is 2.67. The monoisotopic (exact) mass is 240 g/mol. The van der Waals surface area contributed by atoms with Gasteiger partial charge in [0.25, 0.3) is 0 Å². The molecular formula is C17H20O. The maximum absolute atomic E-state index is 10.2. The van der Waals surface area contributed by atoms with Gasteiger partial charge in [-0.15, -0.1) is 0 Å². The molecule has 1 heteroatoms. The van der Waals surface area contributed by atoms with Crippen LogP contribution >= 0.6 is 0 Å². The van der Waals surface area contributed by atoms with Gasteiger partial charge in [0, 0.05) is 12.8 Å². The van der Waals surface area contributed by atoms with Gasteiger partial charge in [-0.25, -0.2) is 0 Å². The zero-order valence-electron chi connectivity index (χ0n) is 11.1. The Morgan fingerprint density at radius 3 is 1.28 bits per heavy atom. The van der Waals surface area contributed by atoms with E-state index >= 15 is 0 Å². The number of carbonyl (C=O) groups excluding carboxylic acids is 1. The second kappa shape index (κ2) is 8.24. The van der Waals surface area contributed by atoms with Crippen molar-refractivity contribution in [1.29, 1.82) is 0 Å². The van der Waals surface area contributed by atoms with Crippen molar-refractivity contribution in [3.63, 3.8) is 0 Å². The van der Waals surface area contributed by atoms with E-state index in [1.54, 1.807) is 0 Å². The second-order valence-corrected chi connectivity index (χ2v) is 3.98. The lowest BCUT2D eigenvalue weighted by Gasteiger charge is -1.98. The lowest BCUT2D eigenvalue weighted by molar-refractivity contribution is -0.118. The van der Waals surface area contributed by atoms with Crippen LogP contribution in [0.2, 0.25) is 0 Å². The molecule has 0 aliphatic carbocycles. The third kappa shape index (κ3) is 4.96. The van der Waals surface area contributed by atoms with Gasteiger partial charge in [-0.2, -0.15) is 0 Å². The van der Waals surface area contributed by atoms with Crippen LogP contribution in [0, 0.1) is 0 Å². The maximum Gasteiger partial charge on any atom is 0.132 e. The number of rotatable bonds is 3. The van der Waals surface area contributed by atoms with Gasteiger partial charge >= 0.3 is 0 Å².